The average Bonchev–Trinajstić information content (AvgIpc) is 2.30. The molecular formula is C12H17N3O3. The van der Waals surface area contributed by atoms with E-state index in [1.54, 1.807) is 38.4 Å². The van der Waals surface area contributed by atoms with Crippen molar-refractivity contribution in [2.75, 3.05) is 31.3 Å². The van der Waals surface area contributed by atoms with Crippen LogP contribution >= 0.6 is 0 Å². The molecule has 0 radical (unpaired) electrons. The number of nitrogens with two attached hydrogens (primary N) is 1. The molecule has 0 unspecified atom stereocenters. The van der Waals surface area contributed by atoms with Crippen LogP contribution in [-0.2, 0) is 4.79 Å². The molecule has 0 aromatic heterocycles. The molecule has 3 N–H and O–H groups in total. The summed E-state index contributed by atoms with van der Waals surface area (Å²) in [6.07, 6.45) is -0.131. The van der Waals surface area contributed by atoms with E-state index < -0.39 is 5.97 Å². The van der Waals surface area contributed by atoms with Crippen molar-refractivity contribution in [3.05, 3.63) is 24.3 Å². The van der Waals surface area contributed by atoms with E-state index in [1.165, 1.54) is 9.80 Å². The molecule has 6 nitrogen and oxygen atoms in total. The Hall–Kier alpha value is -2.24. The van der Waals surface area contributed by atoms with Crippen molar-refractivity contribution in [1.82, 2.24) is 4.90 Å². The minimum Gasteiger partial charge on any atom is -0.481 e. The molecule has 18 heavy (non-hydrogen) atoms. The Labute approximate surface area is 106 Å². The molecule has 1 aromatic carbocycles. The Balaban J connectivity index is 3.00. The molecule has 6 heteroatoms. The fraction of sp³-hybridized carbons (Fsp3) is 0.333. The maximum atomic E-state index is 12.0. The van der Waals surface area contributed by atoms with Gasteiger partial charge in [-0.15, -0.1) is 0 Å². The third-order valence-corrected chi connectivity index (χ3v) is 2.39. The number of nitrogens with zero attached hydrogens (tertiary/aromatic N) is 2. The Morgan fingerprint density at radius 1 is 1.28 bits per heavy atom. The molecule has 0 atom stereocenters. The summed E-state index contributed by atoms with van der Waals surface area (Å²) >= 11 is 0. The minimum absolute atomic E-state index is 0.0839. The highest BCUT2D eigenvalue weighted by molar-refractivity contribution is 5.95. The number of hydrogen-bond acceptors (Lipinski definition) is 3. The smallest absolute Gasteiger partial charge is 0.324 e. The zero-order chi connectivity index (χ0) is 13.7. The molecule has 0 bridgehead atoms. The Kier molecular flexibility index (Phi) is 4.53. The van der Waals surface area contributed by atoms with Crippen molar-refractivity contribution in [2.45, 2.75) is 6.42 Å². The van der Waals surface area contributed by atoms with Crippen molar-refractivity contribution >= 4 is 23.4 Å². The Morgan fingerprint density at radius 2 is 1.89 bits per heavy atom. The third-order valence-electron chi connectivity index (χ3n) is 2.39. The van der Waals surface area contributed by atoms with E-state index in [1.807, 2.05) is 0 Å². The van der Waals surface area contributed by atoms with Crippen LogP contribution < -0.4 is 10.6 Å². The number of nitrogen functional groups attached to an aromatic ring is 1. The molecule has 0 aliphatic carbocycles. The molecule has 0 spiro atoms. The number of amides is 2. The van der Waals surface area contributed by atoms with Crippen LogP contribution in [0.2, 0.25) is 0 Å². The van der Waals surface area contributed by atoms with Gasteiger partial charge in [-0.25, -0.2) is 4.79 Å². The van der Waals surface area contributed by atoms with Gasteiger partial charge in [0.1, 0.15) is 0 Å². The van der Waals surface area contributed by atoms with Gasteiger partial charge in [-0.3, -0.25) is 9.69 Å². The van der Waals surface area contributed by atoms with Gasteiger partial charge in [-0.2, -0.15) is 0 Å². The first-order valence-corrected chi connectivity index (χ1v) is 5.48. The highest BCUT2D eigenvalue weighted by Crippen LogP contribution is 2.23. The van der Waals surface area contributed by atoms with Crippen LogP contribution in [0.3, 0.4) is 0 Å². The molecule has 0 saturated carbocycles. The molecule has 2 amide bonds. The number of carbonyl (C=O) groups is 2. The van der Waals surface area contributed by atoms with Crippen LogP contribution in [0.1, 0.15) is 6.42 Å². The van der Waals surface area contributed by atoms with Gasteiger partial charge in [0.05, 0.1) is 17.8 Å². The van der Waals surface area contributed by atoms with E-state index in [-0.39, 0.29) is 19.0 Å². The molecule has 0 heterocycles. The van der Waals surface area contributed by atoms with Gasteiger partial charge < -0.3 is 15.7 Å². The van der Waals surface area contributed by atoms with E-state index >= 15 is 0 Å². The number of carboxylic acid groups (broad SMARTS) is 1. The van der Waals surface area contributed by atoms with E-state index in [9.17, 15) is 9.59 Å². The molecule has 98 valence electrons. The van der Waals surface area contributed by atoms with Crippen molar-refractivity contribution in [2.24, 2.45) is 0 Å². The topological polar surface area (TPSA) is 86.9 Å². The second kappa shape index (κ2) is 5.90. The highest BCUT2D eigenvalue weighted by atomic mass is 16.4. The number of para-hydroxylation sites is 2. The summed E-state index contributed by atoms with van der Waals surface area (Å²) in [5.41, 5.74) is 6.77. The molecular weight excluding hydrogens is 234 g/mol. The van der Waals surface area contributed by atoms with E-state index in [0.29, 0.717) is 11.4 Å². The first-order valence-electron chi connectivity index (χ1n) is 5.48. The summed E-state index contributed by atoms with van der Waals surface area (Å²) in [4.78, 5) is 25.4. The number of aliphatic carboxylic acids is 1. The number of carboxylic acids is 1. The largest absolute Gasteiger partial charge is 0.481 e. The van der Waals surface area contributed by atoms with Crippen molar-refractivity contribution in [1.29, 1.82) is 0 Å². The SMILES string of the molecule is CN(C)C(=O)N(CCC(=O)O)c1ccccc1N. The van der Waals surface area contributed by atoms with Gasteiger partial charge in [0.15, 0.2) is 0 Å². The highest BCUT2D eigenvalue weighted by Gasteiger charge is 2.20. The van der Waals surface area contributed by atoms with Crippen molar-refractivity contribution in [3.8, 4) is 0 Å². The molecule has 0 saturated heterocycles. The maximum absolute atomic E-state index is 12.0. The first-order chi connectivity index (χ1) is 8.43. The third kappa shape index (κ3) is 3.38. The second-order valence-corrected chi connectivity index (χ2v) is 4.03. The monoisotopic (exact) mass is 251 g/mol. The number of benzene rings is 1. The minimum atomic E-state index is -0.957. The van der Waals surface area contributed by atoms with Crippen molar-refractivity contribution in [3.63, 3.8) is 0 Å². The fourth-order valence-electron chi connectivity index (χ4n) is 1.50. The fourth-order valence-corrected chi connectivity index (χ4v) is 1.50. The van der Waals surface area contributed by atoms with E-state index in [0.717, 1.165) is 0 Å². The average molecular weight is 251 g/mol. The summed E-state index contributed by atoms with van der Waals surface area (Å²) in [7, 11) is 3.21. The van der Waals surface area contributed by atoms with Crippen LogP contribution in [0.25, 0.3) is 0 Å². The molecule has 0 aliphatic heterocycles. The standard InChI is InChI=1S/C12H17N3O3/c1-14(2)12(18)15(8-7-11(16)17)10-6-4-3-5-9(10)13/h3-6H,7-8,13H2,1-2H3,(H,16,17). The molecule has 0 fully saturated rings. The quantitative estimate of drug-likeness (QED) is 0.788. The summed E-state index contributed by atoms with van der Waals surface area (Å²) in [5, 5.41) is 8.72. The van der Waals surface area contributed by atoms with Crippen molar-refractivity contribution < 1.29 is 14.7 Å². The number of rotatable bonds is 4. The Bertz CT molecular complexity index is 446. The van der Waals surface area contributed by atoms with Crippen LogP contribution in [0.4, 0.5) is 16.2 Å². The normalized spacial score (nSPS) is 9.89. The number of carbonyl (C=O) groups excluding carboxylic acids is 1. The van der Waals surface area contributed by atoms with Gasteiger partial charge >= 0.3 is 12.0 Å². The zero-order valence-corrected chi connectivity index (χ0v) is 10.5. The summed E-state index contributed by atoms with van der Waals surface area (Å²) < 4.78 is 0. The number of urea groups is 1. The van der Waals surface area contributed by atoms with Gasteiger partial charge in [0.2, 0.25) is 0 Å². The lowest BCUT2D eigenvalue weighted by Gasteiger charge is -2.26. The summed E-state index contributed by atoms with van der Waals surface area (Å²) in [5.74, 6) is -0.957. The lowest BCUT2D eigenvalue weighted by atomic mass is 10.2. The van der Waals surface area contributed by atoms with Gasteiger partial charge in [0.25, 0.3) is 0 Å². The summed E-state index contributed by atoms with van der Waals surface area (Å²) in [6.45, 7) is 0.0839. The van der Waals surface area contributed by atoms with Crippen LogP contribution in [0.5, 0.6) is 0 Å². The van der Waals surface area contributed by atoms with Gasteiger partial charge in [-0.1, -0.05) is 12.1 Å². The van der Waals surface area contributed by atoms with Gasteiger partial charge in [-0.05, 0) is 12.1 Å². The summed E-state index contributed by atoms with van der Waals surface area (Å²) in [6, 6.07) is 6.58. The predicted octanol–water partition coefficient (Wildman–Crippen LogP) is 1.23. The molecule has 0 aliphatic rings. The molecule has 1 rings (SSSR count). The molecule has 1 aromatic rings. The van der Waals surface area contributed by atoms with Crippen LogP contribution in [0.15, 0.2) is 24.3 Å². The predicted molar refractivity (Wildman–Crippen MR) is 69.5 cm³/mol. The zero-order valence-electron chi connectivity index (χ0n) is 10.5. The number of hydrogen-bond donors (Lipinski definition) is 2. The Morgan fingerprint density at radius 3 is 2.39 bits per heavy atom. The first kappa shape index (κ1) is 13.8. The lowest BCUT2D eigenvalue weighted by Crippen LogP contribution is -2.40. The maximum Gasteiger partial charge on any atom is 0.324 e. The van der Waals surface area contributed by atoms with E-state index in [4.69, 9.17) is 10.8 Å². The lowest BCUT2D eigenvalue weighted by molar-refractivity contribution is -0.136. The van der Waals surface area contributed by atoms with E-state index in [2.05, 4.69) is 0 Å². The van der Waals surface area contributed by atoms with Crippen LogP contribution in [-0.4, -0.2) is 42.6 Å². The van der Waals surface area contributed by atoms with Crippen LogP contribution in [0, 0.1) is 0 Å². The second-order valence-electron chi connectivity index (χ2n) is 4.03. The number of anilines is 2. The van der Waals surface area contributed by atoms with Gasteiger partial charge in [0, 0.05) is 20.6 Å².